The second kappa shape index (κ2) is 5.03. The van der Waals surface area contributed by atoms with Gasteiger partial charge < -0.3 is 5.11 Å². The Labute approximate surface area is 98.3 Å². The topological polar surface area (TPSA) is 98.5 Å². The molecule has 0 aliphatic carbocycles. The smallest absolute Gasteiger partial charge is 0.322 e. The van der Waals surface area contributed by atoms with Crippen molar-refractivity contribution in [3.05, 3.63) is 0 Å². The number of nitriles is 1. The van der Waals surface area contributed by atoms with Crippen molar-refractivity contribution in [2.24, 2.45) is 0 Å². The summed E-state index contributed by atoms with van der Waals surface area (Å²) in [7, 11) is -3.82. The molecule has 2 atom stereocenters. The van der Waals surface area contributed by atoms with E-state index in [0.717, 1.165) is 4.31 Å². The number of hydrogen-bond acceptors (Lipinski definition) is 5. The Kier molecular flexibility index (Phi) is 4.18. The van der Waals surface area contributed by atoms with E-state index in [1.165, 1.54) is 11.8 Å². The molecular weight excluding hydrogens is 252 g/mol. The maximum atomic E-state index is 11.9. The molecule has 1 saturated heterocycles. The summed E-state index contributed by atoms with van der Waals surface area (Å²) >= 11 is 1.24. The standard InChI is InChI=1S/C8H12N2O4S2/c1-2-6(3-9)16(13,14)10-5-15-4-7(10)8(11)12/h6-7H,2,4-5H2,1H3,(H,11,12). The van der Waals surface area contributed by atoms with Gasteiger partial charge in [0.2, 0.25) is 10.0 Å². The minimum Gasteiger partial charge on any atom is -0.480 e. The van der Waals surface area contributed by atoms with Gasteiger partial charge in [-0.3, -0.25) is 4.79 Å². The Morgan fingerprint density at radius 3 is 2.81 bits per heavy atom. The molecule has 0 radical (unpaired) electrons. The SMILES string of the molecule is CCC(C#N)S(=O)(=O)N1CSCC1C(=O)O. The number of sulfonamides is 1. The van der Waals surface area contributed by atoms with E-state index >= 15 is 0 Å². The van der Waals surface area contributed by atoms with E-state index in [9.17, 15) is 13.2 Å². The van der Waals surface area contributed by atoms with Gasteiger partial charge in [0.1, 0.15) is 6.04 Å². The fourth-order valence-corrected chi connectivity index (χ4v) is 4.72. The number of carboxylic acids is 1. The van der Waals surface area contributed by atoms with Crippen LogP contribution in [0.4, 0.5) is 0 Å². The van der Waals surface area contributed by atoms with Crippen LogP contribution in [0.25, 0.3) is 0 Å². The molecule has 0 aromatic carbocycles. The molecule has 0 bridgehead atoms. The lowest BCUT2D eigenvalue weighted by Crippen LogP contribution is -2.45. The van der Waals surface area contributed by atoms with E-state index in [1.807, 2.05) is 0 Å². The molecule has 0 aromatic rings. The first-order valence-electron chi connectivity index (χ1n) is 4.66. The molecule has 16 heavy (non-hydrogen) atoms. The Bertz CT molecular complexity index is 414. The highest BCUT2D eigenvalue weighted by atomic mass is 32.2. The lowest BCUT2D eigenvalue weighted by Gasteiger charge is -2.22. The van der Waals surface area contributed by atoms with Crippen molar-refractivity contribution in [2.45, 2.75) is 24.6 Å². The number of hydrogen-bond donors (Lipinski definition) is 1. The van der Waals surface area contributed by atoms with E-state index in [4.69, 9.17) is 10.4 Å². The van der Waals surface area contributed by atoms with E-state index in [1.54, 1.807) is 13.0 Å². The molecule has 1 heterocycles. The van der Waals surface area contributed by atoms with Gasteiger partial charge in [0.15, 0.2) is 5.25 Å². The largest absolute Gasteiger partial charge is 0.480 e. The Hall–Kier alpha value is -0.780. The average molecular weight is 264 g/mol. The zero-order chi connectivity index (χ0) is 12.3. The second-order valence-electron chi connectivity index (χ2n) is 3.31. The third-order valence-corrected chi connectivity index (χ3v) is 5.70. The van der Waals surface area contributed by atoms with Crippen molar-refractivity contribution >= 4 is 27.8 Å². The van der Waals surface area contributed by atoms with E-state index in [0.29, 0.717) is 0 Å². The number of nitrogens with zero attached hydrogens (tertiary/aromatic N) is 2. The van der Waals surface area contributed by atoms with Gasteiger partial charge in [0, 0.05) is 5.75 Å². The summed E-state index contributed by atoms with van der Waals surface area (Å²) in [5.74, 6) is -0.824. The van der Waals surface area contributed by atoms with E-state index in [-0.39, 0.29) is 18.1 Å². The van der Waals surface area contributed by atoms with Crippen LogP contribution in [0.3, 0.4) is 0 Å². The Morgan fingerprint density at radius 2 is 2.38 bits per heavy atom. The Balaban J connectivity index is 3.00. The molecule has 6 nitrogen and oxygen atoms in total. The minimum atomic E-state index is -3.82. The molecule has 1 aliphatic heterocycles. The van der Waals surface area contributed by atoms with Gasteiger partial charge in [-0.2, -0.15) is 9.57 Å². The third kappa shape index (κ3) is 2.31. The molecule has 0 spiro atoms. The quantitative estimate of drug-likeness (QED) is 0.772. The minimum absolute atomic E-state index is 0.109. The number of carbonyl (C=O) groups is 1. The molecule has 1 rings (SSSR count). The third-order valence-electron chi connectivity index (χ3n) is 2.33. The highest BCUT2D eigenvalue weighted by molar-refractivity contribution is 8.00. The molecule has 0 aromatic heterocycles. The molecule has 1 fully saturated rings. The summed E-state index contributed by atoms with van der Waals surface area (Å²) in [4.78, 5) is 10.9. The summed E-state index contributed by atoms with van der Waals surface area (Å²) in [6.45, 7) is 1.59. The van der Waals surface area contributed by atoms with Crippen LogP contribution in [0.15, 0.2) is 0 Å². The summed E-state index contributed by atoms with van der Waals surface area (Å²) in [5, 5.41) is 16.4. The van der Waals surface area contributed by atoms with Gasteiger partial charge >= 0.3 is 5.97 Å². The number of aliphatic carboxylic acids is 1. The molecule has 0 saturated carbocycles. The van der Waals surface area contributed by atoms with Crippen molar-refractivity contribution < 1.29 is 18.3 Å². The van der Waals surface area contributed by atoms with Crippen LogP contribution in [0, 0.1) is 11.3 Å². The Morgan fingerprint density at radius 1 is 1.75 bits per heavy atom. The van der Waals surface area contributed by atoms with Crippen molar-refractivity contribution in [2.75, 3.05) is 11.6 Å². The molecule has 90 valence electrons. The normalized spacial score (nSPS) is 23.9. The first-order valence-corrected chi connectivity index (χ1v) is 7.31. The van der Waals surface area contributed by atoms with Gasteiger partial charge in [-0.15, -0.1) is 11.8 Å². The molecule has 0 amide bonds. The first-order chi connectivity index (χ1) is 7.45. The second-order valence-corrected chi connectivity index (χ2v) is 6.38. The zero-order valence-electron chi connectivity index (χ0n) is 8.66. The fourth-order valence-electron chi connectivity index (χ4n) is 1.40. The molecule has 8 heteroatoms. The molecule has 1 aliphatic rings. The molecule has 2 unspecified atom stereocenters. The van der Waals surface area contributed by atoms with Crippen LogP contribution < -0.4 is 0 Å². The molecular formula is C8H12N2O4S2. The van der Waals surface area contributed by atoms with Crippen LogP contribution in [0.1, 0.15) is 13.3 Å². The van der Waals surface area contributed by atoms with E-state index in [2.05, 4.69) is 0 Å². The van der Waals surface area contributed by atoms with Gasteiger partial charge in [-0.25, -0.2) is 8.42 Å². The van der Waals surface area contributed by atoms with Gasteiger partial charge in [0.25, 0.3) is 0 Å². The van der Waals surface area contributed by atoms with Crippen LogP contribution in [-0.4, -0.2) is 46.7 Å². The van der Waals surface area contributed by atoms with Crippen LogP contribution in [-0.2, 0) is 14.8 Å². The lowest BCUT2D eigenvalue weighted by atomic mass is 10.3. The number of thioether (sulfide) groups is 1. The average Bonchev–Trinajstić information content (AvgIpc) is 2.67. The lowest BCUT2D eigenvalue weighted by molar-refractivity contribution is -0.140. The summed E-state index contributed by atoms with van der Waals surface area (Å²) in [6.07, 6.45) is 0.159. The predicted molar refractivity (Wildman–Crippen MR) is 59.2 cm³/mol. The fraction of sp³-hybridized carbons (Fsp3) is 0.750. The number of rotatable bonds is 4. The first kappa shape index (κ1) is 13.3. The maximum absolute atomic E-state index is 11.9. The highest BCUT2D eigenvalue weighted by Crippen LogP contribution is 2.27. The summed E-state index contributed by atoms with van der Waals surface area (Å²) in [6, 6.07) is 0.652. The molecule has 1 N–H and O–H groups in total. The highest BCUT2D eigenvalue weighted by Gasteiger charge is 2.42. The van der Waals surface area contributed by atoms with Crippen molar-refractivity contribution in [3.63, 3.8) is 0 Å². The summed E-state index contributed by atoms with van der Waals surface area (Å²) < 4.78 is 24.8. The van der Waals surface area contributed by atoms with Crippen LogP contribution in [0.5, 0.6) is 0 Å². The van der Waals surface area contributed by atoms with Crippen molar-refractivity contribution in [1.29, 1.82) is 5.26 Å². The predicted octanol–water partition coefficient (Wildman–Crippen LogP) is 0.0779. The number of carboxylic acid groups (broad SMARTS) is 1. The van der Waals surface area contributed by atoms with Gasteiger partial charge in [-0.05, 0) is 6.42 Å². The zero-order valence-corrected chi connectivity index (χ0v) is 10.3. The summed E-state index contributed by atoms with van der Waals surface area (Å²) in [5.41, 5.74) is 0. The van der Waals surface area contributed by atoms with Gasteiger partial charge in [-0.1, -0.05) is 6.92 Å². The van der Waals surface area contributed by atoms with Gasteiger partial charge in [0.05, 0.1) is 11.9 Å². The van der Waals surface area contributed by atoms with Crippen LogP contribution in [0.2, 0.25) is 0 Å². The maximum Gasteiger partial charge on any atom is 0.322 e. The van der Waals surface area contributed by atoms with Crippen LogP contribution >= 0.6 is 11.8 Å². The van der Waals surface area contributed by atoms with E-state index < -0.39 is 27.3 Å². The monoisotopic (exact) mass is 264 g/mol. The van der Waals surface area contributed by atoms with Crippen molar-refractivity contribution in [1.82, 2.24) is 4.31 Å². The van der Waals surface area contributed by atoms with Crippen molar-refractivity contribution in [3.8, 4) is 6.07 Å².